The third-order valence-electron chi connectivity index (χ3n) is 5.07. The molecule has 0 aliphatic rings. The molecule has 0 atom stereocenters. The Labute approximate surface area is 182 Å². The van der Waals surface area contributed by atoms with E-state index in [1.54, 1.807) is 12.1 Å². The van der Waals surface area contributed by atoms with Crippen LogP contribution in [-0.4, -0.2) is 26.3 Å². The van der Waals surface area contributed by atoms with Crippen molar-refractivity contribution in [3.05, 3.63) is 77.2 Å². The van der Waals surface area contributed by atoms with Crippen molar-refractivity contribution in [1.82, 2.24) is 19.7 Å². The molecule has 0 aliphatic carbocycles. The molecule has 2 aromatic carbocycles. The summed E-state index contributed by atoms with van der Waals surface area (Å²) in [7, 11) is 0. The molecule has 156 valence electrons. The molecule has 0 radical (unpaired) electrons. The molecule has 31 heavy (non-hydrogen) atoms. The van der Waals surface area contributed by atoms with Gasteiger partial charge in [-0.05, 0) is 37.3 Å². The number of ether oxygens (including phenoxy) is 1. The van der Waals surface area contributed by atoms with Crippen LogP contribution in [0.25, 0.3) is 33.2 Å². The average molecular weight is 437 g/mol. The van der Waals surface area contributed by atoms with Crippen LogP contribution in [0.2, 0.25) is 5.15 Å². The maximum absolute atomic E-state index is 13.2. The van der Waals surface area contributed by atoms with Crippen molar-refractivity contribution in [2.24, 2.45) is 0 Å². The van der Waals surface area contributed by atoms with E-state index in [1.165, 1.54) is 12.1 Å². The Hall–Kier alpha value is -3.29. The second-order valence-electron chi connectivity index (χ2n) is 7.05. The van der Waals surface area contributed by atoms with Crippen molar-refractivity contribution in [2.45, 2.75) is 20.1 Å². The number of imidazole rings is 1. The largest absolute Gasteiger partial charge is 0.374 e. The van der Waals surface area contributed by atoms with E-state index in [9.17, 15) is 4.39 Å². The number of benzene rings is 2. The van der Waals surface area contributed by atoms with E-state index in [0.29, 0.717) is 41.9 Å². The molecule has 0 spiro atoms. The van der Waals surface area contributed by atoms with Gasteiger partial charge < -0.3 is 13.8 Å². The number of aromatic nitrogens is 4. The lowest BCUT2D eigenvalue weighted by atomic mass is 10.1. The van der Waals surface area contributed by atoms with E-state index in [0.717, 1.165) is 27.8 Å². The van der Waals surface area contributed by atoms with Crippen LogP contribution < -0.4 is 0 Å². The minimum Gasteiger partial charge on any atom is -0.374 e. The van der Waals surface area contributed by atoms with Gasteiger partial charge in [-0.15, -0.1) is 0 Å². The molecule has 0 saturated carbocycles. The topological polar surface area (TPSA) is 66.0 Å². The first-order valence-corrected chi connectivity index (χ1v) is 10.2. The summed E-state index contributed by atoms with van der Waals surface area (Å²) in [6.45, 7) is 3.21. The van der Waals surface area contributed by atoms with Gasteiger partial charge in [-0.2, -0.15) is 0 Å². The zero-order valence-corrected chi connectivity index (χ0v) is 17.4. The highest BCUT2D eigenvalue weighted by Crippen LogP contribution is 2.31. The molecule has 8 heteroatoms. The zero-order chi connectivity index (χ0) is 21.4. The number of pyridine rings is 1. The van der Waals surface area contributed by atoms with E-state index >= 15 is 0 Å². The monoisotopic (exact) mass is 436 g/mol. The summed E-state index contributed by atoms with van der Waals surface area (Å²) in [6.07, 6.45) is 0. The fraction of sp³-hybridized carbons (Fsp3) is 0.174. The number of hydrogen-bond acceptors (Lipinski definition) is 5. The third kappa shape index (κ3) is 3.66. The van der Waals surface area contributed by atoms with Crippen LogP contribution in [0.1, 0.15) is 18.5 Å². The molecular formula is C23H18ClFN4O2. The summed E-state index contributed by atoms with van der Waals surface area (Å²) in [5.74, 6) is 1.06. The molecule has 5 rings (SSSR count). The highest BCUT2D eigenvalue weighted by Gasteiger charge is 2.19. The Bertz CT molecular complexity index is 1380. The maximum atomic E-state index is 13.2. The summed E-state index contributed by atoms with van der Waals surface area (Å²) in [5, 5.41) is 5.43. The molecule has 0 amide bonds. The second-order valence-corrected chi connectivity index (χ2v) is 7.41. The molecule has 3 heterocycles. The van der Waals surface area contributed by atoms with Gasteiger partial charge in [0.2, 0.25) is 0 Å². The van der Waals surface area contributed by atoms with Gasteiger partial charge in [0, 0.05) is 23.6 Å². The minimum atomic E-state index is -0.296. The van der Waals surface area contributed by atoms with E-state index in [-0.39, 0.29) is 5.82 Å². The molecule has 3 aromatic heterocycles. The Balaban J connectivity index is 1.62. The fourth-order valence-corrected chi connectivity index (χ4v) is 3.84. The normalized spacial score (nSPS) is 11.6. The first-order chi connectivity index (χ1) is 15.1. The average Bonchev–Trinajstić information content (AvgIpc) is 3.39. The lowest BCUT2D eigenvalue weighted by Gasteiger charge is -2.09. The summed E-state index contributed by atoms with van der Waals surface area (Å²) in [5.41, 5.74) is 3.68. The number of nitrogens with zero attached hydrogens (tertiary/aromatic N) is 4. The molecule has 0 unspecified atom stereocenters. The van der Waals surface area contributed by atoms with Gasteiger partial charge in [0.15, 0.2) is 10.9 Å². The maximum Gasteiger partial charge on any atom is 0.157 e. The Morgan fingerprint density at radius 2 is 1.90 bits per heavy atom. The summed E-state index contributed by atoms with van der Waals surface area (Å²) >= 11 is 6.46. The number of hydrogen-bond donors (Lipinski definition) is 0. The van der Waals surface area contributed by atoms with Crippen molar-refractivity contribution in [3.8, 4) is 11.3 Å². The first-order valence-electron chi connectivity index (χ1n) is 9.86. The van der Waals surface area contributed by atoms with Gasteiger partial charge in [-0.1, -0.05) is 35.0 Å². The molecule has 0 aliphatic heterocycles. The highest BCUT2D eigenvalue weighted by atomic mass is 35.5. The second kappa shape index (κ2) is 8.09. The standard InChI is InChI=1S/C23H18ClFN4O2/c1-2-30-13-20-27-21-22(17-5-3-4-6-18(17)26-23(21)24)29(20)12-16-11-19(28-31-16)14-7-9-15(25)10-8-14/h3-11H,2,12-13H2,1H3. The predicted octanol–water partition coefficient (Wildman–Crippen LogP) is 5.62. The summed E-state index contributed by atoms with van der Waals surface area (Å²) < 4.78 is 26.5. The lowest BCUT2D eigenvalue weighted by molar-refractivity contribution is 0.126. The molecule has 0 saturated heterocycles. The third-order valence-corrected chi connectivity index (χ3v) is 5.33. The Morgan fingerprint density at radius 3 is 2.71 bits per heavy atom. The molecule has 6 nitrogen and oxygen atoms in total. The highest BCUT2D eigenvalue weighted by molar-refractivity contribution is 6.35. The van der Waals surface area contributed by atoms with Gasteiger partial charge in [-0.3, -0.25) is 0 Å². The van der Waals surface area contributed by atoms with Crippen molar-refractivity contribution >= 4 is 33.5 Å². The predicted molar refractivity (Wildman–Crippen MR) is 116 cm³/mol. The smallest absolute Gasteiger partial charge is 0.157 e. The summed E-state index contributed by atoms with van der Waals surface area (Å²) in [4.78, 5) is 9.19. The SMILES string of the molecule is CCOCc1nc2c(Cl)nc3ccccc3c2n1Cc1cc(-c2ccc(F)cc2)no1. The van der Waals surface area contributed by atoms with E-state index < -0.39 is 0 Å². The van der Waals surface area contributed by atoms with Crippen LogP contribution in [0.5, 0.6) is 0 Å². The minimum absolute atomic E-state index is 0.296. The Morgan fingerprint density at radius 1 is 1.10 bits per heavy atom. The van der Waals surface area contributed by atoms with Crippen LogP contribution in [0, 0.1) is 5.82 Å². The zero-order valence-electron chi connectivity index (χ0n) is 16.7. The number of fused-ring (bicyclic) bond motifs is 3. The van der Waals surface area contributed by atoms with Gasteiger partial charge >= 0.3 is 0 Å². The van der Waals surface area contributed by atoms with Crippen molar-refractivity contribution < 1.29 is 13.7 Å². The van der Waals surface area contributed by atoms with Crippen LogP contribution >= 0.6 is 11.6 Å². The number of rotatable bonds is 6. The van der Waals surface area contributed by atoms with Gasteiger partial charge in [-0.25, -0.2) is 14.4 Å². The lowest BCUT2D eigenvalue weighted by Crippen LogP contribution is -2.07. The molecular weight excluding hydrogens is 419 g/mol. The van der Waals surface area contributed by atoms with Crippen molar-refractivity contribution in [3.63, 3.8) is 0 Å². The Kier molecular flexibility index (Phi) is 5.13. The molecule has 0 fully saturated rings. The van der Waals surface area contributed by atoms with E-state index in [1.807, 2.05) is 41.8 Å². The summed E-state index contributed by atoms with van der Waals surface area (Å²) in [6, 6.07) is 15.8. The quantitative estimate of drug-likeness (QED) is 0.323. The van der Waals surface area contributed by atoms with Crippen LogP contribution in [0.15, 0.2) is 59.1 Å². The number of halogens is 2. The van der Waals surface area contributed by atoms with Crippen LogP contribution in [0.4, 0.5) is 4.39 Å². The van der Waals surface area contributed by atoms with E-state index in [4.69, 9.17) is 25.8 Å². The van der Waals surface area contributed by atoms with Crippen molar-refractivity contribution in [2.75, 3.05) is 6.61 Å². The van der Waals surface area contributed by atoms with Gasteiger partial charge in [0.05, 0.1) is 17.6 Å². The van der Waals surface area contributed by atoms with Crippen LogP contribution in [-0.2, 0) is 17.9 Å². The van der Waals surface area contributed by atoms with E-state index in [2.05, 4.69) is 10.1 Å². The first kappa shape index (κ1) is 19.7. The molecule has 0 bridgehead atoms. The number of para-hydroxylation sites is 1. The van der Waals surface area contributed by atoms with Gasteiger partial charge in [0.1, 0.15) is 29.5 Å². The molecule has 5 aromatic rings. The van der Waals surface area contributed by atoms with Crippen molar-refractivity contribution in [1.29, 1.82) is 0 Å². The van der Waals surface area contributed by atoms with Crippen LogP contribution in [0.3, 0.4) is 0 Å². The fourth-order valence-electron chi connectivity index (χ4n) is 3.62. The molecule has 0 N–H and O–H groups in total. The van der Waals surface area contributed by atoms with Gasteiger partial charge in [0.25, 0.3) is 0 Å².